The van der Waals surface area contributed by atoms with Crippen molar-refractivity contribution in [1.82, 2.24) is 5.32 Å². The Kier molecular flexibility index (Phi) is 3.69. The summed E-state index contributed by atoms with van der Waals surface area (Å²) in [6.45, 7) is 3.99. The van der Waals surface area contributed by atoms with Crippen molar-refractivity contribution in [2.75, 3.05) is 6.54 Å². The molecule has 1 aliphatic rings. The molecule has 17 heavy (non-hydrogen) atoms. The number of aryl methyl sites for hydroxylation is 1. The Morgan fingerprint density at radius 1 is 1.59 bits per heavy atom. The number of amidine groups is 1. The molecule has 1 fully saturated rings. The molecule has 0 aromatic carbocycles. The van der Waals surface area contributed by atoms with E-state index in [4.69, 9.17) is 10.9 Å². The number of nitrogens with one attached hydrogen (secondary N) is 1. The fourth-order valence-electron chi connectivity index (χ4n) is 2.04. The molecule has 2 rings (SSSR count). The third kappa shape index (κ3) is 3.20. The Hall–Kier alpha value is -1.07. The number of hydrogen-bond acceptors (Lipinski definition) is 4. The van der Waals surface area contributed by atoms with Gasteiger partial charge in [-0.2, -0.15) is 11.3 Å². The minimum absolute atomic E-state index is 0.236. The molecule has 0 unspecified atom stereocenters. The summed E-state index contributed by atoms with van der Waals surface area (Å²) in [5.74, 6) is 0.344. The van der Waals surface area contributed by atoms with Gasteiger partial charge < -0.3 is 16.3 Å². The summed E-state index contributed by atoms with van der Waals surface area (Å²) in [6, 6.07) is 0. The van der Waals surface area contributed by atoms with E-state index in [1.165, 1.54) is 24.0 Å². The Bertz CT molecular complexity index is 410. The first-order valence-electron chi connectivity index (χ1n) is 5.84. The molecule has 0 saturated heterocycles. The van der Waals surface area contributed by atoms with E-state index in [1.54, 1.807) is 11.3 Å². The van der Waals surface area contributed by atoms with Gasteiger partial charge in [-0.3, -0.25) is 0 Å². The summed E-state index contributed by atoms with van der Waals surface area (Å²) in [5, 5.41) is 19.5. The molecule has 4 N–H and O–H groups in total. The minimum Gasteiger partial charge on any atom is -0.409 e. The molecule has 1 aromatic rings. The van der Waals surface area contributed by atoms with Crippen LogP contribution in [0.3, 0.4) is 0 Å². The highest BCUT2D eigenvalue weighted by atomic mass is 32.1. The van der Waals surface area contributed by atoms with Gasteiger partial charge in [0, 0.05) is 19.5 Å². The van der Waals surface area contributed by atoms with Crippen molar-refractivity contribution in [3.05, 3.63) is 21.9 Å². The minimum atomic E-state index is 0.236. The van der Waals surface area contributed by atoms with Crippen molar-refractivity contribution in [1.29, 1.82) is 0 Å². The second-order valence-corrected chi connectivity index (χ2v) is 5.70. The summed E-state index contributed by atoms with van der Waals surface area (Å²) in [4.78, 5) is 0. The third-order valence-corrected chi connectivity index (χ3v) is 4.33. The molecule has 1 aromatic heterocycles. The van der Waals surface area contributed by atoms with E-state index in [1.807, 2.05) is 0 Å². The topological polar surface area (TPSA) is 70.6 Å². The molecule has 1 heterocycles. The monoisotopic (exact) mass is 253 g/mol. The standard InChI is InChI=1S/C12H19N3OS/c1-9-6-17-7-10(9)5-14-8-12(2-3-12)4-11(13)15-16/h6-7,14,16H,2-5,8H2,1H3,(H2,13,15). The molecular formula is C12H19N3OS. The average Bonchev–Trinajstić information content (AvgIpc) is 2.95. The lowest BCUT2D eigenvalue weighted by molar-refractivity contribution is 0.314. The van der Waals surface area contributed by atoms with Crippen LogP contribution in [0.25, 0.3) is 0 Å². The van der Waals surface area contributed by atoms with Crippen LogP contribution in [0.1, 0.15) is 30.4 Å². The SMILES string of the molecule is Cc1cscc1CNCC1(CC(N)=NO)CC1. The van der Waals surface area contributed by atoms with Crippen LogP contribution in [0.15, 0.2) is 15.9 Å². The number of thiophene rings is 1. The van der Waals surface area contributed by atoms with Gasteiger partial charge in [-0.25, -0.2) is 0 Å². The molecule has 5 heteroatoms. The zero-order valence-corrected chi connectivity index (χ0v) is 10.9. The molecule has 0 amide bonds. The van der Waals surface area contributed by atoms with Crippen molar-refractivity contribution < 1.29 is 5.21 Å². The Morgan fingerprint density at radius 3 is 2.88 bits per heavy atom. The quantitative estimate of drug-likeness (QED) is 0.314. The lowest BCUT2D eigenvalue weighted by Crippen LogP contribution is -2.28. The van der Waals surface area contributed by atoms with Crippen LogP contribution in [0.5, 0.6) is 0 Å². The number of nitrogens with zero attached hydrogens (tertiary/aromatic N) is 1. The van der Waals surface area contributed by atoms with E-state index in [2.05, 4.69) is 28.2 Å². The van der Waals surface area contributed by atoms with Crippen molar-refractivity contribution in [2.45, 2.75) is 32.7 Å². The number of rotatable bonds is 6. The molecule has 4 nitrogen and oxygen atoms in total. The zero-order valence-electron chi connectivity index (χ0n) is 10.1. The second-order valence-electron chi connectivity index (χ2n) is 4.95. The van der Waals surface area contributed by atoms with Gasteiger partial charge in [-0.1, -0.05) is 5.16 Å². The van der Waals surface area contributed by atoms with Gasteiger partial charge in [-0.05, 0) is 47.1 Å². The van der Waals surface area contributed by atoms with E-state index in [0.717, 1.165) is 13.1 Å². The highest BCUT2D eigenvalue weighted by Crippen LogP contribution is 2.48. The fraction of sp³-hybridized carbons (Fsp3) is 0.583. The third-order valence-electron chi connectivity index (χ3n) is 3.42. The first-order chi connectivity index (χ1) is 8.15. The first kappa shape index (κ1) is 12.4. The maximum absolute atomic E-state index is 8.58. The van der Waals surface area contributed by atoms with E-state index < -0.39 is 0 Å². The van der Waals surface area contributed by atoms with Gasteiger partial charge in [0.2, 0.25) is 0 Å². The van der Waals surface area contributed by atoms with Gasteiger partial charge in [0.25, 0.3) is 0 Å². The Morgan fingerprint density at radius 2 is 2.35 bits per heavy atom. The largest absolute Gasteiger partial charge is 0.409 e. The maximum Gasteiger partial charge on any atom is 0.139 e. The van der Waals surface area contributed by atoms with E-state index >= 15 is 0 Å². The molecule has 0 atom stereocenters. The van der Waals surface area contributed by atoms with Crippen LogP contribution in [0.2, 0.25) is 0 Å². The van der Waals surface area contributed by atoms with Crippen LogP contribution in [-0.4, -0.2) is 17.6 Å². The zero-order chi connectivity index (χ0) is 12.3. The Balaban J connectivity index is 1.77. The summed E-state index contributed by atoms with van der Waals surface area (Å²) in [7, 11) is 0. The molecule has 0 bridgehead atoms. The average molecular weight is 253 g/mol. The van der Waals surface area contributed by atoms with Gasteiger partial charge in [0.15, 0.2) is 0 Å². The van der Waals surface area contributed by atoms with Crippen molar-refractivity contribution in [3.8, 4) is 0 Å². The predicted molar refractivity (Wildman–Crippen MR) is 70.5 cm³/mol. The van der Waals surface area contributed by atoms with Crippen LogP contribution in [0, 0.1) is 12.3 Å². The number of oxime groups is 1. The smallest absolute Gasteiger partial charge is 0.139 e. The summed E-state index contributed by atoms with van der Waals surface area (Å²) in [5.41, 5.74) is 8.52. The predicted octanol–water partition coefficient (Wildman–Crippen LogP) is 2.06. The molecule has 1 aliphatic carbocycles. The summed E-state index contributed by atoms with van der Waals surface area (Å²) in [6.07, 6.45) is 3.02. The van der Waals surface area contributed by atoms with E-state index in [0.29, 0.717) is 12.3 Å². The molecule has 0 radical (unpaired) electrons. The molecule has 0 aliphatic heterocycles. The normalized spacial score (nSPS) is 18.3. The number of nitrogens with two attached hydrogens (primary N) is 1. The fourth-order valence-corrected chi connectivity index (χ4v) is 2.90. The van der Waals surface area contributed by atoms with Crippen LogP contribution < -0.4 is 11.1 Å². The van der Waals surface area contributed by atoms with Gasteiger partial charge in [0.1, 0.15) is 5.84 Å². The van der Waals surface area contributed by atoms with Crippen LogP contribution >= 0.6 is 11.3 Å². The van der Waals surface area contributed by atoms with Crippen LogP contribution in [-0.2, 0) is 6.54 Å². The molecular weight excluding hydrogens is 234 g/mol. The molecule has 94 valence electrons. The lowest BCUT2D eigenvalue weighted by atomic mass is 10.0. The highest BCUT2D eigenvalue weighted by Gasteiger charge is 2.42. The van der Waals surface area contributed by atoms with Gasteiger partial charge in [0.05, 0.1) is 0 Å². The summed E-state index contributed by atoms with van der Waals surface area (Å²) >= 11 is 1.74. The van der Waals surface area contributed by atoms with Gasteiger partial charge >= 0.3 is 0 Å². The summed E-state index contributed by atoms with van der Waals surface area (Å²) < 4.78 is 0. The maximum atomic E-state index is 8.58. The molecule has 0 spiro atoms. The van der Waals surface area contributed by atoms with Crippen molar-refractivity contribution >= 4 is 17.2 Å². The van der Waals surface area contributed by atoms with Crippen molar-refractivity contribution in [3.63, 3.8) is 0 Å². The Labute approximate surface area is 106 Å². The first-order valence-corrected chi connectivity index (χ1v) is 6.78. The van der Waals surface area contributed by atoms with Crippen LogP contribution in [0.4, 0.5) is 0 Å². The lowest BCUT2D eigenvalue weighted by Gasteiger charge is -2.15. The molecule has 1 saturated carbocycles. The van der Waals surface area contributed by atoms with Crippen molar-refractivity contribution in [2.24, 2.45) is 16.3 Å². The number of hydrogen-bond donors (Lipinski definition) is 3. The highest BCUT2D eigenvalue weighted by molar-refractivity contribution is 7.08. The van der Waals surface area contributed by atoms with E-state index in [-0.39, 0.29) is 5.41 Å². The van der Waals surface area contributed by atoms with Gasteiger partial charge in [-0.15, -0.1) is 0 Å². The second kappa shape index (κ2) is 5.06. The van der Waals surface area contributed by atoms with E-state index in [9.17, 15) is 0 Å².